The first kappa shape index (κ1) is 21.3. The molecule has 0 fully saturated rings. The Balaban J connectivity index is 1.57. The Hall–Kier alpha value is -1.90. The standard InChI is InChI=1S/C22H19ClN2O2S3/c1-15-7-10-18(11-8-15)30(26,27)24-14-21(16-5-3-2-4-6-16)29-22-25-19-13-17(23)9-12-20(19)28-22/h2-13,21,24H,14H2,1H3/t21-/m1/s1. The number of hydrogen-bond donors (Lipinski definition) is 1. The molecule has 0 aliphatic heterocycles. The summed E-state index contributed by atoms with van der Waals surface area (Å²) in [5.41, 5.74) is 2.90. The summed E-state index contributed by atoms with van der Waals surface area (Å²) in [6, 6.07) is 22.3. The van der Waals surface area contributed by atoms with E-state index in [9.17, 15) is 8.42 Å². The van der Waals surface area contributed by atoms with E-state index in [1.807, 2.05) is 55.5 Å². The van der Waals surface area contributed by atoms with Gasteiger partial charge < -0.3 is 0 Å². The summed E-state index contributed by atoms with van der Waals surface area (Å²) in [6.07, 6.45) is 0. The van der Waals surface area contributed by atoms with Gasteiger partial charge in [-0.3, -0.25) is 0 Å². The van der Waals surface area contributed by atoms with E-state index < -0.39 is 10.0 Å². The molecule has 30 heavy (non-hydrogen) atoms. The van der Waals surface area contributed by atoms with Crippen molar-refractivity contribution < 1.29 is 8.42 Å². The van der Waals surface area contributed by atoms with Gasteiger partial charge in [-0.25, -0.2) is 18.1 Å². The molecule has 4 nitrogen and oxygen atoms in total. The van der Waals surface area contributed by atoms with E-state index in [-0.39, 0.29) is 16.7 Å². The fourth-order valence-electron chi connectivity index (χ4n) is 2.93. The van der Waals surface area contributed by atoms with Gasteiger partial charge in [0.05, 0.1) is 20.4 Å². The highest BCUT2D eigenvalue weighted by Crippen LogP contribution is 2.39. The molecule has 0 aliphatic carbocycles. The molecule has 0 bridgehead atoms. The van der Waals surface area contributed by atoms with Crippen LogP contribution < -0.4 is 4.72 Å². The van der Waals surface area contributed by atoms with Crippen LogP contribution in [0.4, 0.5) is 0 Å². The highest BCUT2D eigenvalue weighted by Gasteiger charge is 2.20. The van der Waals surface area contributed by atoms with Crippen LogP contribution in [0, 0.1) is 6.92 Å². The van der Waals surface area contributed by atoms with E-state index in [1.165, 1.54) is 0 Å². The Morgan fingerprint density at radius 1 is 1.07 bits per heavy atom. The third kappa shape index (κ3) is 5.04. The number of nitrogens with zero attached hydrogens (tertiary/aromatic N) is 1. The predicted octanol–water partition coefficient (Wildman–Crippen LogP) is 6.07. The lowest BCUT2D eigenvalue weighted by molar-refractivity contribution is 0.581. The minimum Gasteiger partial charge on any atom is -0.230 e. The van der Waals surface area contributed by atoms with E-state index >= 15 is 0 Å². The second-order valence-electron chi connectivity index (χ2n) is 6.77. The molecule has 0 radical (unpaired) electrons. The number of thiazole rings is 1. The normalized spacial score (nSPS) is 12.9. The summed E-state index contributed by atoms with van der Waals surface area (Å²) in [6.45, 7) is 2.18. The van der Waals surface area contributed by atoms with Gasteiger partial charge >= 0.3 is 0 Å². The minimum absolute atomic E-state index is 0.123. The molecule has 0 amide bonds. The van der Waals surface area contributed by atoms with Crippen molar-refractivity contribution in [2.45, 2.75) is 21.4 Å². The van der Waals surface area contributed by atoms with Gasteiger partial charge in [0.15, 0.2) is 4.34 Å². The molecule has 0 unspecified atom stereocenters. The molecule has 0 saturated carbocycles. The average molecular weight is 475 g/mol. The quantitative estimate of drug-likeness (QED) is 0.330. The first-order valence-electron chi connectivity index (χ1n) is 9.25. The maximum absolute atomic E-state index is 12.8. The highest BCUT2D eigenvalue weighted by molar-refractivity contribution is 8.01. The van der Waals surface area contributed by atoms with E-state index in [0.29, 0.717) is 5.02 Å². The largest absolute Gasteiger partial charge is 0.240 e. The monoisotopic (exact) mass is 474 g/mol. The molecule has 4 aromatic rings. The number of halogens is 1. The van der Waals surface area contributed by atoms with Gasteiger partial charge in [-0.2, -0.15) is 0 Å². The van der Waals surface area contributed by atoms with Crippen molar-refractivity contribution in [1.82, 2.24) is 9.71 Å². The summed E-state index contributed by atoms with van der Waals surface area (Å²) in [5.74, 6) is 0. The number of rotatable bonds is 7. The number of fused-ring (bicyclic) bond motifs is 1. The maximum atomic E-state index is 12.8. The second kappa shape index (κ2) is 9.08. The Bertz CT molecular complexity index is 1260. The van der Waals surface area contributed by atoms with Gasteiger partial charge in [0.1, 0.15) is 0 Å². The molecule has 8 heteroatoms. The SMILES string of the molecule is Cc1ccc(S(=O)(=O)NC[C@@H](Sc2nc3cc(Cl)ccc3s2)c2ccccc2)cc1. The van der Waals surface area contributed by atoms with Gasteiger partial charge in [-0.15, -0.1) is 11.3 Å². The lowest BCUT2D eigenvalue weighted by Gasteiger charge is -2.17. The molecule has 1 atom stereocenters. The van der Waals surface area contributed by atoms with Crippen molar-refractivity contribution in [3.8, 4) is 0 Å². The molecule has 1 aromatic heterocycles. The van der Waals surface area contributed by atoms with Gasteiger partial charge in [0, 0.05) is 11.6 Å². The summed E-state index contributed by atoms with van der Waals surface area (Å²) in [5, 5.41) is 0.525. The smallest absolute Gasteiger partial charge is 0.230 e. The second-order valence-corrected chi connectivity index (χ2v) is 11.5. The molecular weight excluding hydrogens is 456 g/mol. The molecule has 0 spiro atoms. The third-order valence-electron chi connectivity index (χ3n) is 4.53. The average Bonchev–Trinajstić information content (AvgIpc) is 3.13. The number of hydrogen-bond acceptors (Lipinski definition) is 5. The number of nitrogens with one attached hydrogen (secondary N) is 1. The van der Waals surface area contributed by atoms with Gasteiger partial charge in [0.2, 0.25) is 10.0 Å². The summed E-state index contributed by atoms with van der Waals surface area (Å²) >= 11 is 9.20. The number of aromatic nitrogens is 1. The maximum Gasteiger partial charge on any atom is 0.240 e. The van der Waals surface area contributed by atoms with Crippen LogP contribution in [-0.4, -0.2) is 19.9 Å². The molecule has 0 saturated heterocycles. The number of benzene rings is 3. The molecule has 1 N–H and O–H groups in total. The van der Waals surface area contributed by atoms with E-state index in [2.05, 4.69) is 9.71 Å². The van der Waals surface area contributed by atoms with Crippen molar-refractivity contribution in [1.29, 1.82) is 0 Å². The van der Waals surface area contributed by atoms with Gasteiger partial charge in [0.25, 0.3) is 0 Å². The Labute approximate surface area is 189 Å². The molecule has 154 valence electrons. The predicted molar refractivity (Wildman–Crippen MR) is 126 cm³/mol. The van der Waals surface area contributed by atoms with E-state index in [1.54, 1.807) is 47.4 Å². The number of aryl methyl sites for hydroxylation is 1. The minimum atomic E-state index is -3.60. The molecule has 1 heterocycles. The van der Waals surface area contributed by atoms with Crippen molar-refractivity contribution >= 4 is 54.9 Å². The van der Waals surface area contributed by atoms with E-state index in [4.69, 9.17) is 11.6 Å². The number of sulfonamides is 1. The topological polar surface area (TPSA) is 59.1 Å². The van der Waals surface area contributed by atoms with Crippen LogP contribution in [0.1, 0.15) is 16.4 Å². The lowest BCUT2D eigenvalue weighted by Crippen LogP contribution is -2.27. The van der Waals surface area contributed by atoms with Crippen LogP contribution in [0.15, 0.2) is 82.0 Å². The van der Waals surface area contributed by atoms with Crippen molar-refractivity contribution in [2.24, 2.45) is 0 Å². The first-order chi connectivity index (χ1) is 14.4. The van der Waals surface area contributed by atoms with Crippen molar-refractivity contribution in [3.05, 3.63) is 88.9 Å². The Morgan fingerprint density at radius 3 is 2.53 bits per heavy atom. The van der Waals surface area contributed by atoms with Crippen molar-refractivity contribution in [3.63, 3.8) is 0 Å². The highest BCUT2D eigenvalue weighted by atomic mass is 35.5. The Morgan fingerprint density at radius 2 is 1.80 bits per heavy atom. The lowest BCUT2D eigenvalue weighted by atomic mass is 10.1. The molecule has 0 aliphatic rings. The van der Waals surface area contributed by atoms with Crippen LogP contribution in [0.2, 0.25) is 5.02 Å². The molecular formula is C22H19ClN2O2S3. The van der Waals surface area contributed by atoms with Crippen LogP contribution in [-0.2, 0) is 10.0 Å². The summed E-state index contributed by atoms with van der Waals surface area (Å²) < 4.78 is 30.2. The van der Waals surface area contributed by atoms with Crippen LogP contribution in [0.25, 0.3) is 10.2 Å². The first-order valence-corrected chi connectivity index (χ1v) is 12.8. The van der Waals surface area contributed by atoms with Gasteiger partial charge in [-0.1, -0.05) is 71.4 Å². The van der Waals surface area contributed by atoms with E-state index in [0.717, 1.165) is 25.7 Å². The van der Waals surface area contributed by atoms with Crippen LogP contribution >= 0.6 is 34.7 Å². The zero-order chi connectivity index (χ0) is 21.1. The zero-order valence-electron chi connectivity index (χ0n) is 16.1. The Kier molecular flexibility index (Phi) is 6.46. The van der Waals surface area contributed by atoms with Crippen LogP contribution in [0.5, 0.6) is 0 Å². The van der Waals surface area contributed by atoms with Crippen molar-refractivity contribution in [2.75, 3.05) is 6.54 Å². The fraction of sp³-hybridized carbons (Fsp3) is 0.136. The molecule has 3 aromatic carbocycles. The summed E-state index contributed by atoms with van der Waals surface area (Å²) in [7, 11) is -3.60. The number of thioether (sulfide) groups is 1. The summed E-state index contributed by atoms with van der Waals surface area (Å²) in [4.78, 5) is 4.93. The van der Waals surface area contributed by atoms with Gasteiger partial charge in [-0.05, 0) is 42.8 Å². The van der Waals surface area contributed by atoms with Crippen LogP contribution in [0.3, 0.4) is 0 Å². The fourth-order valence-corrected chi connectivity index (χ4v) is 6.59. The third-order valence-corrected chi connectivity index (χ3v) is 8.60. The zero-order valence-corrected chi connectivity index (χ0v) is 19.3. The molecule has 4 rings (SSSR count).